The largest absolute Gasteiger partial charge is 0.440 e. The number of nitriles is 1. The number of benzene rings is 1. The van der Waals surface area contributed by atoms with E-state index in [0.717, 1.165) is 5.56 Å². The molecule has 5 nitrogen and oxygen atoms in total. The number of oxazole rings is 1. The van der Waals surface area contributed by atoms with Gasteiger partial charge in [-0.2, -0.15) is 5.26 Å². The van der Waals surface area contributed by atoms with Crippen molar-refractivity contribution in [3.8, 4) is 17.4 Å². The fourth-order valence-corrected chi connectivity index (χ4v) is 3.31. The summed E-state index contributed by atoms with van der Waals surface area (Å²) in [4.78, 5) is 12.8. The maximum absolute atomic E-state index is 9.27. The highest BCUT2D eigenvalue weighted by molar-refractivity contribution is 7.98. The first kappa shape index (κ1) is 16.5. The zero-order valence-electron chi connectivity index (χ0n) is 13.1. The summed E-state index contributed by atoms with van der Waals surface area (Å²) < 4.78 is 5.76. The second-order valence-corrected chi connectivity index (χ2v) is 6.47. The van der Waals surface area contributed by atoms with Crippen LogP contribution in [0.4, 0.5) is 0 Å². The van der Waals surface area contributed by atoms with Crippen LogP contribution in [-0.2, 0) is 5.75 Å². The highest BCUT2D eigenvalue weighted by Crippen LogP contribution is 2.28. The van der Waals surface area contributed by atoms with Gasteiger partial charge in [-0.3, -0.25) is 0 Å². The van der Waals surface area contributed by atoms with Crippen molar-refractivity contribution in [2.45, 2.75) is 24.6 Å². The molecule has 0 radical (unpaired) electrons. The van der Waals surface area contributed by atoms with Gasteiger partial charge in [0.2, 0.25) is 5.89 Å². The Morgan fingerprint density at radius 1 is 1.29 bits per heavy atom. The van der Waals surface area contributed by atoms with E-state index in [1.807, 2.05) is 18.2 Å². The second kappa shape index (κ2) is 7.04. The van der Waals surface area contributed by atoms with Crippen molar-refractivity contribution in [1.29, 1.82) is 5.26 Å². The normalized spacial score (nSPS) is 10.6. The Bertz CT molecular complexity index is 933. The lowest BCUT2D eigenvalue weighted by atomic mass is 10.2. The SMILES string of the molecule is Cc1nc(C)c(C#N)c(SCc2ncc(-c3cccc(Cl)c3)o2)n1. The number of aryl methyl sites for hydroxylation is 2. The van der Waals surface area contributed by atoms with Gasteiger partial charge in [-0.15, -0.1) is 0 Å². The van der Waals surface area contributed by atoms with Gasteiger partial charge in [0.25, 0.3) is 0 Å². The van der Waals surface area contributed by atoms with Gasteiger partial charge >= 0.3 is 0 Å². The minimum atomic E-state index is 0.477. The lowest BCUT2D eigenvalue weighted by Gasteiger charge is -2.05. The van der Waals surface area contributed by atoms with Crippen molar-refractivity contribution in [3.63, 3.8) is 0 Å². The lowest BCUT2D eigenvalue weighted by molar-refractivity contribution is 0.530. The van der Waals surface area contributed by atoms with Crippen molar-refractivity contribution in [1.82, 2.24) is 15.0 Å². The molecule has 0 atom stereocenters. The van der Waals surface area contributed by atoms with Crippen LogP contribution in [0.15, 0.2) is 39.9 Å². The molecule has 0 aliphatic rings. The van der Waals surface area contributed by atoms with Crippen LogP contribution in [0.3, 0.4) is 0 Å². The van der Waals surface area contributed by atoms with Crippen molar-refractivity contribution < 1.29 is 4.42 Å². The Labute approximate surface area is 148 Å². The third-order valence-corrected chi connectivity index (χ3v) is 4.47. The van der Waals surface area contributed by atoms with E-state index in [0.29, 0.717) is 44.5 Å². The Balaban J connectivity index is 1.78. The molecule has 0 unspecified atom stereocenters. The number of aromatic nitrogens is 3. The van der Waals surface area contributed by atoms with Gasteiger partial charge in [0, 0.05) is 10.6 Å². The average molecular weight is 357 g/mol. The van der Waals surface area contributed by atoms with Crippen molar-refractivity contribution in [2.24, 2.45) is 0 Å². The predicted molar refractivity (Wildman–Crippen MR) is 92.7 cm³/mol. The number of nitrogens with zero attached hydrogens (tertiary/aromatic N) is 4. The standard InChI is InChI=1S/C17H13ClN4OS/c1-10-14(7-19)17(22-11(2)21-10)24-9-16-20-8-15(23-16)12-4-3-5-13(18)6-12/h3-6,8H,9H2,1-2H3. The average Bonchev–Trinajstić information content (AvgIpc) is 3.01. The van der Waals surface area contributed by atoms with Crippen LogP contribution in [0.2, 0.25) is 5.02 Å². The summed E-state index contributed by atoms with van der Waals surface area (Å²) >= 11 is 7.40. The monoisotopic (exact) mass is 356 g/mol. The molecule has 7 heteroatoms. The Hall–Kier alpha value is -2.36. The second-order valence-electron chi connectivity index (χ2n) is 5.07. The molecule has 120 valence electrons. The molecule has 3 aromatic rings. The van der Waals surface area contributed by atoms with Crippen LogP contribution < -0.4 is 0 Å². The highest BCUT2D eigenvalue weighted by atomic mass is 35.5. The van der Waals surface area contributed by atoms with Gasteiger partial charge in [0.15, 0.2) is 5.76 Å². The molecule has 3 rings (SSSR count). The first-order valence-corrected chi connectivity index (χ1v) is 8.52. The molecule has 0 amide bonds. The van der Waals surface area contributed by atoms with Crippen LogP contribution in [0.5, 0.6) is 0 Å². The van der Waals surface area contributed by atoms with Crippen molar-refractivity contribution in [3.05, 3.63) is 58.5 Å². The summed E-state index contributed by atoms with van der Waals surface area (Å²) in [6, 6.07) is 9.56. The van der Waals surface area contributed by atoms with Gasteiger partial charge in [-0.25, -0.2) is 15.0 Å². The number of hydrogen-bond acceptors (Lipinski definition) is 6. The maximum Gasteiger partial charge on any atom is 0.205 e. The summed E-state index contributed by atoms with van der Waals surface area (Å²) in [5.41, 5.74) is 2.05. The van der Waals surface area contributed by atoms with Crippen LogP contribution in [0, 0.1) is 25.2 Å². The number of rotatable bonds is 4. The van der Waals surface area contributed by atoms with Gasteiger partial charge in [0.05, 0.1) is 17.6 Å². The van der Waals surface area contributed by atoms with Gasteiger partial charge in [-0.1, -0.05) is 35.5 Å². The van der Waals surface area contributed by atoms with E-state index in [4.69, 9.17) is 16.0 Å². The molecule has 0 bridgehead atoms. The molecule has 0 saturated heterocycles. The molecular formula is C17H13ClN4OS. The molecular weight excluding hydrogens is 344 g/mol. The first-order chi connectivity index (χ1) is 11.6. The Morgan fingerprint density at radius 2 is 2.12 bits per heavy atom. The van der Waals surface area contributed by atoms with Gasteiger partial charge in [0.1, 0.15) is 22.5 Å². The fraction of sp³-hybridized carbons (Fsp3) is 0.176. The van der Waals surface area contributed by atoms with E-state index < -0.39 is 0 Å². The summed E-state index contributed by atoms with van der Waals surface area (Å²) in [5.74, 6) is 2.34. The number of hydrogen-bond donors (Lipinski definition) is 0. The molecule has 2 heterocycles. The van der Waals surface area contributed by atoms with Crippen molar-refractivity contribution in [2.75, 3.05) is 0 Å². The van der Waals surface area contributed by atoms with Crippen LogP contribution in [-0.4, -0.2) is 15.0 Å². The quantitative estimate of drug-likeness (QED) is 0.503. The molecule has 2 aromatic heterocycles. The Kier molecular flexibility index (Phi) is 4.84. The smallest absolute Gasteiger partial charge is 0.205 e. The van der Waals surface area contributed by atoms with E-state index in [-0.39, 0.29) is 0 Å². The van der Waals surface area contributed by atoms with Gasteiger partial charge in [-0.05, 0) is 26.0 Å². The molecule has 0 spiro atoms. The van der Waals surface area contributed by atoms with E-state index in [1.165, 1.54) is 11.8 Å². The fourth-order valence-electron chi connectivity index (χ4n) is 2.20. The molecule has 0 fully saturated rings. The number of halogens is 1. The van der Waals surface area contributed by atoms with Crippen molar-refractivity contribution >= 4 is 23.4 Å². The molecule has 0 saturated carbocycles. The van der Waals surface area contributed by atoms with Crippen LogP contribution in [0.1, 0.15) is 23.0 Å². The summed E-state index contributed by atoms with van der Waals surface area (Å²) in [5, 5.41) is 10.6. The predicted octanol–water partition coefficient (Wildman–Crippen LogP) is 4.57. The van der Waals surface area contributed by atoms with Crippen LogP contribution in [0.25, 0.3) is 11.3 Å². The minimum Gasteiger partial charge on any atom is -0.440 e. The first-order valence-electron chi connectivity index (χ1n) is 7.15. The van der Waals surface area contributed by atoms with E-state index >= 15 is 0 Å². The van der Waals surface area contributed by atoms with Crippen LogP contribution >= 0.6 is 23.4 Å². The molecule has 1 aromatic carbocycles. The third kappa shape index (κ3) is 3.58. The highest BCUT2D eigenvalue weighted by Gasteiger charge is 2.13. The van der Waals surface area contributed by atoms with E-state index in [2.05, 4.69) is 21.0 Å². The zero-order chi connectivity index (χ0) is 17.1. The molecule has 24 heavy (non-hydrogen) atoms. The Morgan fingerprint density at radius 3 is 2.88 bits per heavy atom. The molecule has 0 N–H and O–H groups in total. The van der Waals surface area contributed by atoms with E-state index in [9.17, 15) is 5.26 Å². The third-order valence-electron chi connectivity index (χ3n) is 3.28. The lowest BCUT2D eigenvalue weighted by Crippen LogP contribution is -1.99. The summed E-state index contributed by atoms with van der Waals surface area (Å²) in [6.45, 7) is 3.61. The van der Waals surface area contributed by atoms with E-state index in [1.54, 1.807) is 26.1 Å². The maximum atomic E-state index is 9.27. The summed E-state index contributed by atoms with van der Waals surface area (Å²) in [6.07, 6.45) is 1.67. The molecule has 0 aliphatic carbocycles. The zero-order valence-corrected chi connectivity index (χ0v) is 14.6. The molecule has 0 aliphatic heterocycles. The van der Waals surface area contributed by atoms with Gasteiger partial charge < -0.3 is 4.42 Å². The topological polar surface area (TPSA) is 75.6 Å². The summed E-state index contributed by atoms with van der Waals surface area (Å²) in [7, 11) is 0. The minimum absolute atomic E-state index is 0.477. The number of thioether (sulfide) groups is 1.